The highest BCUT2D eigenvalue weighted by molar-refractivity contribution is 5.97. The number of aromatic nitrogens is 3. The van der Waals surface area contributed by atoms with Crippen LogP contribution in [0.5, 0.6) is 0 Å². The lowest BCUT2D eigenvalue weighted by Gasteiger charge is -2.32. The standard InChI is InChI=1S/C19H24N4O3/c1-14(2)7-10-26-18-8-9-25-11-16(18)22-19(24)15-5-3-4-6-17(15)23-13-20-12-21-23/h3-7,12-13,16,18H,8-11H2,1-2H3,(H,22,24)/t16-,18+/m1/s1. The van der Waals surface area contributed by atoms with Crippen molar-refractivity contribution < 1.29 is 14.3 Å². The van der Waals surface area contributed by atoms with Gasteiger partial charge in [-0.1, -0.05) is 23.8 Å². The molecule has 1 N–H and O–H groups in total. The second-order valence-corrected chi connectivity index (χ2v) is 6.45. The van der Waals surface area contributed by atoms with Crippen LogP contribution in [0.4, 0.5) is 0 Å². The highest BCUT2D eigenvalue weighted by atomic mass is 16.5. The zero-order valence-electron chi connectivity index (χ0n) is 15.1. The normalized spacial score (nSPS) is 19.8. The molecule has 2 heterocycles. The molecule has 1 fully saturated rings. The van der Waals surface area contributed by atoms with Crippen molar-refractivity contribution >= 4 is 5.91 Å². The Bertz CT molecular complexity index is 754. The molecule has 7 heteroatoms. The fourth-order valence-electron chi connectivity index (χ4n) is 2.83. The maximum Gasteiger partial charge on any atom is 0.253 e. The molecule has 26 heavy (non-hydrogen) atoms. The topological polar surface area (TPSA) is 78.3 Å². The van der Waals surface area contributed by atoms with E-state index in [0.29, 0.717) is 31.1 Å². The number of nitrogens with zero attached hydrogens (tertiary/aromatic N) is 3. The van der Waals surface area contributed by atoms with Crippen molar-refractivity contribution in [2.75, 3.05) is 19.8 Å². The lowest BCUT2D eigenvalue weighted by atomic mass is 10.1. The van der Waals surface area contributed by atoms with Gasteiger partial charge in [-0.05, 0) is 32.4 Å². The first-order valence-electron chi connectivity index (χ1n) is 8.73. The second kappa shape index (κ2) is 8.73. The first kappa shape index (κ1) is 18.3. The van der Waals surface area contributed by atoms with Gasteiger partial charge >= 0.3 is 0 Å². The van der Waals surface area contributed by atoms with E-state index in [0.717, 1.165) is 6.42 Å². The quantitative estimate of drug-likeness (QED) is 0.803. The third-order valence-corrected chi connectivity index (χ3v) is 4.23. The van der Waals surface area contributed by atoms with Crippen molar-refractivity contribution in [2.45, 2.75) is 32.4 Å². The maximum atomic E-state index is 12.9. The van der Waals surface area contributed by atoms with Gasteiger partial charge in [0, 0.05) is 6.61 Å². The smallest absolute Gasteiger partial charge is 0.253 e. The van der Waals surface area contributed by atoms with Crippen LogP contribution in [0.15, 0.2) is 48.6 Å². The Morgan fingerprint density at radius 3 is 3.04 bits per heavy atom. The Kier molecular flexibility index (Phi) is 6.14. The average molecular weight is 356 g/mol. The first-order chi connectivity index (χ1) is 12.6. The zero-order chi connectivity index (χ0) is 18.4. The lowest BCUT2D eigenvalue weighted by Crippen LogP contribution is -2.50. The molecule has 1 aliphatic rings. The molecule has 7 nitrogen and oxygen atoms in total. The molecule has 0 spiro atoms. The molecule has 0 aliphatic carbocycles. The van der Waals surface area contributed by atoms with E-state index in [4.69, 9.17) is 9.47 Å². The predicted molar refractivity (Wildman–Crippen MR) is 97.2 cm³/mol. The molecule has 138 valence electrons. The van der Waals surface area contributed by atoms with E-state index in [1.54, 1.807) is 17.1 Å². The van der Waals surface area contributed by atoms with Gasteiger partial charge in [-0.3, -0.25) is 4.79 Å². The molecule has 1 saturated heterocycles. The van der Waals surface area contributed by atoms with Crippen molar-refractivity contribution in [1.82, 2.24) is 20.1 Å². The summed E-state index contributed by atoms with van der Waals surface area (Å²) >= 11 is 0. The fraction of sp³-hybridized carbons (Fsp3) is 0.421. The Hall–Kier alpha value is -2.51. The molecule has 0 unspecified atom stereocenters. The van der Waals surface area contributed by atoms with Gasteiger partial charge in [-0.15, -0.1) is 0 Å². The third-order valence-electron chi connectivity index (χ3n) is 4.23. The maximum absolute atomic E-state index is 12.9. The number of carbonyl (C=O) groups excluding carboxylic acids is 1. The molecular formula is C19H24N4O3. The van der Waals surface area contributed by atoms with E-state index >= 15 is 0 Å². The number of amides is 1. The van der Waals surface area contributed by atoms with Gasteiger partial charge in [0.25, 0.3) is 5.91 Å². The summed E-state index contributed by atoms with van der Waals surface area (Å²) in [5.41, 5.74) is 2.42. The summed E-state index contributed by atoms with van der Waals surface area (Å²) in [4.78, 5) is 16.8. The number of ether oxygens (including phenoxy) is 2. The fourth-order valence-corrected chi connectivity index (χ4v) is 2.83. The Labute approximate surface area is 153 Å². The van der Waals surface area contributed by atoms with E-state index in [-0.39, 0.29) is 18.1 Å². The Morgan fingerprint density at radius 1 is 1.42 bits per heavy atom. The summed E-state index contributed by atoms with van der Waals surface area (Å²) in [5.74, 6) is -0.178. The number of carbonyl (C=O) groups is 1. The van der Waals surface area contributed by atoms with E-state index in [1.807, 2.05) is 38.1 Å². The summed E-state index contributed by atoms with van der Waals surface area (Å²) in [6.07, 6.45) is 5.74. The molecule has 3 rings (SSSR count). The van der Waals surface area contributed by atoms with Crippen molar-refractivity contribution in [2.24, 2.45) is 0 Å². The van der Waals surface area contributed by atoms with Crippen LogP contribution in [-0.4, -0.2) is 52.6 Å². The summed E-state index contributed by atoms with van der Waals surface area (Å²) < 4.78 is 13.1. The van der Waals surface area contributed by atoms with Crippen LogP contribution in [0.2, 0.25) is 0 Å². The highest BCUT2D eigenvalue weighted by Crippen LogP contribution is 2.16. The minimum Gasteiger partial charge on any atom is -0.379 e. The van der Waals surface area contributed by atoms with E-state index in [2.05, 4.69) is 15.4 Å². The molecule has 1 aliphatic heterocycles. The van der Waals surface area contributed by atoms with Crippen molar-refractivity contribution in [3.05, 3.63) is 54.1 Å². The number of rotatable bonds is 6. The minimum absolute atomic E-state index is 0.0677. The number of hydrogen-bond donors (Lipinski definition) is 1. The molecule has 2 atom stereocenters. The molecule has 1 aromatic carbocycles. The van der Waals surface area contributed by atoms with Crippen LogP contribution >= 0.6 is 0 Å². The van der Waals surface area contributed by atoms with Gasteiger partial charge in [0.2, 0.25) is 0 Å². The van der Waals surface area contributed by atoms with E-state index in [9.17, 15) is 4.79 Å². The molecule has 0 saturated carbocycles. The Balaban J connectivity index is 1.71. The molecule has 2 aromatic rings. The van der Waals surface area contributed by atoms with Crippen LogP contribution < -0.4 is 5.32 Å². The van der Waals surface area contributed by atoms with Gasteiger partial charge in [-0.25, -0.2) is 9.67 Å². The molecule has 1 aromatic heterocycles. The monoisotopic (exact) mass is 356 g/mol. The largest absolute Gasteiger partial charge is 0.379 e. The summed E-state index contributed by atoms with van der Waals surface area (Å²) in [5, 5.41) is 7.17. The van der Waals surface area contributed by atoms with Crippen molar-refractivity contribution in [1.29, 1.82) is 0 Å². The van der Waals surface area contributed by atoms with Crippen LogP contribution in [0.25, 0.3) is 5.69 Å². The summed E-state index contributed by atoms with van der Waals surface area (Å²) in [6.45, 7) is 5.69. The van der Waals surface area contributed by atoms with Crippen LogP contribution in [0.1, 0.15) is 30.6 Å². The average Bonchev–Trinajstić information content (AvgIpc) is 3.17. The third kappa shape index (κ3) is 4.56. The summed E-state index contributed by atoms with van der Waals surface area (Å²) in [7, 11) is 0. The van der Waals surface area contributed by atoms with E-state index in [1.165, 1.54) is 11.9 Å². The Morgan fingerprint density at radius 2 is 2.27 bits per heavy atom. The molecule has 1 amide bonds. The lowest BCUT2D eigenvalue weighted by molar-refractivity contribution is -0.0457. The molecule has 0 bridgehead atoms. The van der Waals surface area contributed by atoms with Crippen LogP contribution in [-0.2, 0) is 9.47 Å². The van der Waals surface area contributed by atoms with Gasteiger partial charge in [0.05, 0.1) is 36.6 Å². The van der Waals surface area contributed by atoms with Crippen molar-refractivity contribution in [3.8, 4) is 5.69 Å². The van der Waals surface area contributed by atoms with Gasteiger partial charge in [-0.2, -0.15) is 5.10 Å². The number of allylic oxidation sites excluding steroid dienone is 1. The SMILES string of the molecule is CC(C)=CCO[C@H]1CCOC[C@H]1NC(=O)c1ccccc1-n1cncn1. The molecular weight excluding hydrogens is 332 g/mol. The van der Waals surface area contributed by atoms with Gasteiger partial charge < -0.3 is 14.8 Å². The zero-order valence-corrected chi connectivity index (χ0v) is 15.1. The van der Waals surface area contributed by atoms with Gasteiger partial charge in [0.1, 0.15) is 12.7 Å². The van der Waals surface area contributed by atoms with E-state index < -0.39 is 0 Å². The minimum atomic E-state index is -0.189. The second-order valence-electron chi connectivity index (χ2n) is 6.45. The van der Waals surface area contributed by atoms with Crippen LogP contribution in [0.3, 0.4) is 0 Å². The number of para-hydroxylation sites is 1. The number of hydrogen-bond acceptors (Lipinski definition) is 5. The summed E-state index contributed by atoms with van der Waals surface area (Å²) in [6, 6.07) is 7.11. The first-order valence-corrected chi connectivity index (χ1v) is 8.73. The highest BCUT2D eigenvalue weighted by Gasteiger charge is 2.28. The van der Waals surface area contributed by atoms with Crippen LogP contribution in [0, 0.1) is 0 Å². The van der Waals surface area contributed by atoms with Crippen molar-refractivity contribution in [3.63, 3.8) is 0 Å². The predicted octanol–water partition coefficient (Wildman–Crippen LogP) is 2.14. The van der Waals surface area contributed by atoms with Gasteiger partial charge in [0.15, 0.2) is 0 Å². The number of nitrogens with one attached hydrogen (secondary N) is 1. The number of benzene rings is 1. The molecule has 0 radical (unpaired) electrons.